The smallest absolute Gasteiger partial charge is 0.152 e. The Morgan fingerprint density at radius 1 is 1.60 bits per heavy atom. The maximum Gasteiger partial charge on any atom is 0.152 e. The van der Waals surface area contributed by atoms with E-state index in [-0.39, 0.29) is 0 Å². The summed E-state index contributed by atoms with van der Waals surface area (Å²) in [6.07, 6.45) is 7.13. The van der Waals surface area contributed by atoms with Crippen molar-refractivity contribution in [3.8, 4) is 5.75 Å². The molecule has 82 valence electrons. The van der Waals surface area contributed by atoms with E-state index in [0.717, 1.165) is 16.8 Å². The number of allylic oxidation sites excluding steroid dienone is 1. The van der Waals surface area contributed by atoms with Gasteiger partial charge in [-0.1, -0.05) is 26.0 Å². The Balaban J connectivity index is 2.43. The standard InChI is InChI=1S/C12H16BrNO/c1-3-4-6-10(2)9-15-11-7-5-8-14-12(11)13/h4-8,10H,3,9H2,1-2H3/b6-4+. The summed E-state index contributed by atoms with van der Waals surface area (Å²) in [5.74, 6) is 1.23. The van der Waals surface area contributed by atoms with E-state index in [0.29, 0.717) is 12.5 Å². The average molecular weight is 270 g/mol. The van der Waals surface area contributed by atoms with Crippen LogP contribution in [-0.2, 0) is 0 Å². The molecule has 0 fully saturated rings. The second kappa shape index (κ2) is 6.62. The molecule has 0 spiro atoms. The van der Waals surface area contributed by atoms with Crippen LogP contribution in [0.1, 0.15) is 20.3 Å². The van der Waals surface area contributed by atoms with Crippen LogP contribution in [0.15, 0.2) is 35.1 Å². The summed E-state index contributed by atoms with van der Waals surface area (Å²) in [5.41, 5.74) is 0. The lowest BCUT2D eigenvalue weighted by atomic mass is 10.2. The highest BCUT2D eigenvalue weighted by Crippen LogP contribution is 2.21. The van der Waals surface area contributed by atoms with Crippen molar-refractivity contribution in [2.24, 2.45) is 5.92 Å². The van der Waals surface area contributed by atoms with Gasteiger partial charge in [-0.15, -0.1) is 0 Å². The molecule has 0 aliphatic carbocycles. The summed E-state index contributed by atoms with van der Waals surface area (Å²) in [6, 6.07) is 3.78. The van der Waals surface area contributed by atoms with E-state index in [1.807, 2.05) is 12.1 Å². The van der Waals surface area contributed by atoms with Crippen LogP contribution >= 0.6 is 15.9 Å². The second-order valence-electron chi connectivity index (χ2n) is 3.42. The van der Waals surface area contributed by atoms with Crippen LogP contribution in [0.5, 0.6) is 5.75 Å². The molecule has 0 aliphatic heterocycles. The minimum Gasteiger partial charge on any atom is -0.490 e. The van der Waals surface area contributed by atoms with Crippen molar-refractivity contribution in [1.82, 2.24) is 4.98 Å². The Labute approximate surface area is 99.5 Å². The van der Waals surface area contributed by atoms with Crippen molar-refractivity contribution >= 4 is 15.9 Å². The highest BCUT2D eigenvalue weighted by atomic mass is 79.9. The van der Waals surface area contributed by atoms with Gasteiger partial charge in [0.15, 0.2) is 5.75 Å². The summed E-state index contributed by atoms with van der Waals surface area (Å²) in [7, 11) is 0. The minimum atomic E-state index is 0.428. The Bertz CT molecular complexity index is 325. The molecule has 2 nitrogen and oxygen atoms in total. The minimum absolute atomic E-state index is 0.428. The van der Waals surface area contributed by atoms with Gasteiger partial charge in [0, 0.05) is 12.1 Å². The van der Waals surface area contributed by atoms with Crippen molar-refractivity contribution in [3.63, 3.8) is 0 Å². The van der Waals surface area contributed by atoms with Crippen molar-refractivity contribution in [2.45, 2.75) is 20.3 Å². The molecule has 0 radical (unpaired) electrons. The van der Waals surface area contributed by atoms with Crippen LogP contribution in [0, 0.1) is 5.92 Å². The lowest BCUT2D eigenvalue weighted by Crippen LogP contribution is -2.06. The first-order chi connectivity index (χ1) is 7.24. The molecule has 15 heavy (non-hydrogen) atoms. The predicted molar refractivity (Wildman–Crippen MR) is 66.0 cm³/mol. The van der Waals surface area contributed by atoms with E-state index in [4.69, 9.17) is 4.74 Å². The topological polar surface area (TPSA) is 22.1 Å². The lowest BCUT2D eigenvalue weighted by molar-refractivity contribution is 0.282. The van der Waals surface area contributed by atoms with Crippen LogP contribution in [0.3, 0.4) is 0 Å². The Morgan fingerprint density at radius 2 is 2.40 bits per heavy atom. The largest absolute Gasteiger partial charge is 0.490 e. The quantitative estimate of drug-likeness (QED) is 0.599. The molecule has 0 N–H and O–H groups in total. The van der Waals surface area contributed by atoms with Gasteiger partial charge in [-0.05, 0) is 34.5 Å². The highest BCUT2D eigenvalue weighted by molar-refractivity contribution is 9.10. The maximum atomic E-state index is 5.63. The van der Waals surface area contributed by atoms with Gasteiger partial charge in [-0.3, -0.25) is 0 Å². The second-order valence-corrected chi connectivity index (χ2v) is 4.17. The SMILES string of the molecule is CC/C=C/C(C)COc1cccnc1Br. The molecule has 0 saturated heterocycles. The molecule has 1 rings (SSSR count). The molecule has 1 atom stereocenters. The molecule has 0 amide bonds. The monoisotopic (exact) mass is 269 g/mol. The highest BCUT2D eigenvalue weighted by Gasteiger charge is 2.02. The number of hydrogen-bond donors (Lipinski definition) is 0. The van der Waals surface area contributed by atoms with Crippen LogP contribution in [0.2, 0.25) is 0 Å². The fourth-order valence-electron chi connectivity index (χ4n) is 1.12. The molecule has 1 aromatic rings. The lowest BCUT2D eigenvalue weighted by Gasteiger charge is -2.10. The summed E-state index contributed by atoms with van der Waals surface area (Å²) in [6.45, 7) is 4.94. The molecule has 0 saturated carbocycles. The zero-order valence-electron chi connectivity index (χ0n) is 9.11. The van der Waals surface area contributed by atoms with Crippen LogP contribution < -0.4 is 4.74 Å². The van der Waals surface area contributed by atoms with Gasteiger partial charge < -0.3 is 4.74 Å². The summed E-state index contributed by atoms with van der Waals surface area (Å²) in [5, 5.41) is 0. The normalized spacial score (nSPS) is 13.0. The van der Waals surface area contributed by atoms with Gasteiger partial charge in [0.2, 0.25) is 0 Å². The van der Waals surface area contributed by atoms with Crippen molar-refractivity contribution in [3.05, 3.63) is 35.1 Å². The van der Waals surface area contributed by atoms with E-state index in [9.17, 15) is 0 Å². The first kappa shape index (κ1) is 12.2. The third-order valence-corrected chi connectivity index (χ3v) is 2.52. The number of ether oxygens (including phenoxy) is 1. The van der Waals surface area contributed by atoms with E-state index in [2.05, 4.69) is 46.9 Å². The zero-order chi connectivity index (χ0) is 11.1. The van der Waals surface area contributed by atoms with Crippen LogP contribution in [0.25, 0.3) is 0 Å². The maximum absolute atomic E-state index is 5.63. The average Bonchev–Trinajstić information content (AvgIpc) is 2.25. The molecular weight excluding hydrogens is 254 g/mol. The van der Waals surface area contributed by atoms with Gasteiger partial charge in [0.25, 0.3) is 0 Å². The van der Waals surface area contributed by atoms with Gasteiger partial charge in [-0.2, -0.15) is 0 Å². The molecule has 3 heteroatoms. The fraction of sp³-hybridized carbons (Fsp3) is 0.417. The first-order valence-electron chi connectivity index (χ1n) is 5.14. The zero-order valence-corrected chi connectivity index (χ0v) is 10.7. The Hall–Kier alpha value is -0.830. The summed E-state index contributed by atoms with van der Waals surface area (Å²) < 4.78 is 6.40. The number of hydrogen-bond acceptors (Lipinski definition) is 2. The molecule has 1 unspecified atom stereocenters. The number of halogens is 1. The fourth-order valence-corrected chi connectivity index (χ4v) is 1.49. The molecule has 1 aromatic heterocycles. The molecule has 1 heterocycles. The van der Waals surface area contributed by atoms with Gasteiger partial charge in [0.05, 0.1) is 6.61 Å². The van der Waals surface area contributed by atoms with Crippen molar-refractivity contribution in [1.29, 1.82) is 0 Å². The molecular formula is C12H16BrNO. The third-order valence-electron chi connectivity index (χ3n) is 1.93. The molecule has 0 aromatic carbocycles. The van der Waals surface area contributed by atoms with Gasteiger partial charge in [0.1, 0.15) is 4.60 Å². The van der Waals surface area contributed by atoms with Gasteiger partial charge >= 0.3 is 0 Å². The number of pyridine rings is 1. The van der Waals surface area contributed by atoms with E-state index in [1.165, 1.54) is 0 Å². The summed E-state index contributed by atoms with van der Waals surface area (Å²) >= 11 is 3.34. The van der Waals surface area contributed by atoms with Crippen molar-refractivity contribution in [2.75, 3.05) is 6.61 Å². The number of aromatic nitrogens is 1. The molecule has 0 bridgehead atoms. The van der Waals surface area contributed by atoms with Gasteiger partial charge in [-0.25, -0.2) is 4.98 Å². The third kappa shape index (κ3) is 4.47. The number of rotatable bonds is 5. The van der Waals surface area contributed by atoms with Crippen LogP contribution in [-0.4, -0.2) is 11.6 Å². The van der Waals surface area contributed by atoms with E-state index >= 15 is 0 Å². The summed E-state index contributed by atoms with van der Waals surface area (Å²) in [4.78, 5) is 4.09. The number of nitrogens with zero attached hydrogens (tertiary/aromatic N) is 1. The van der Waals surface area contributed by atoms with Crippen molar-refractivity contribution < 1.29 is 4.74 Å². The molecule has 0 aliphatic rings. The predicted octanol–water partition coefficient (Wildman–Crippen LogP) is 3.83. The van der Waals surface area contributed by atoms with E-state index in [1.54, 1.807) is 6.20 Å². The first-order valence-corrected chi connectivity index (χ1v) is 5.93. The van der Waals surface area contributed by atoms with Crippen LogP contribution in [0.4, 0.5) is 0 Å². The Kier molecular flexibility index (Phi) is 5.40. The van der Waals surface area contributed by atoms with E-state index < -0.39 is 0 Å². The Morgan fingerprint density at radius 3 is 3.07 bits per heavy atom.